The molecule has 3 aromatic carbocycles. The molecule has 1 aromatic heterocycles. The molecule has 0 aliphatic heterocycles. The van der Waals surface area contributed by atoms with E-state index < -0.39 is 6.04 Å². The van der Waals surface area contributed by atoms with Crippen molar-refractivity contribution in [3.63, 3.8) is 0 Å². The molecule has 2 amide bonds. The molecule has 0 bridgehead atoms. The van der Waals surface area contributed by atoms with E-state index in [1.54, 1.807) is 18.1 Å². The molecule has 0 saturated carbocycles. The maximum atomic E-state index is 13.8. The number of amides is 2. The van der Waals surface area contributed by atoms with E-state index in [0.29, 0.717) is 18.0 Å². The van der Waals surface area contributed by atoms with Gasteiger partial charge in [-0.2, -0.15) is 0 Å². The molecule has 5 nitrogen and oxygen atoms in total. The lowest BCUT2D eigenvalue weighted by atomic mass is 9.97. The summed E-state index contributed by atoms with van der Waals surface area (Å²) in [5.74, 6) is 0.207. The number of hydrogen-bond acceptors (Lipinski definition) is 4. The van der Waals surface area contributed by atoms with Gasteiger partial charge in [-0.1, -0.05) is 66.7 Å². The Kier molecular flexibility index (Phi) is 7.95. The third-order valence-corrected chi connectivity index (χ3v) is 6.68. The first-order valence-corrected chi connectivity index (χ1v) is 12.3. The van der Waals surface area contributed by atoms with E-state index in [-0.39, 0.29) is 18.2 Å². The van der Waals surface area contributed by atoms with Gasteiger partial charge in [0.15, 0.2) is 0 Å². The van der Waals surface area contributed by atoms with Crippen molar-refractivity contribution >= 4 is 28.8 Å². The maximum Gasteiger partial charge on any atom is 0.248 e. The Morgan fingerprint density at radius 3 is 2.43 bits per heavy atom. The topological polar surface area (TPSA) is 58.6 Å². The molecule has 1 N–H and O–H groups in total. The number of hydrogen-bond donors (Lipinski definition) is 1. The maximum absolute atomic E-state index is 13.8. The van der Waals surface area contributed by atoms with E-state index in [1.165, 1.54) is 11.3 Å². The summed E-state index contributed by atoms with van der Waals surface area (Å²) in [4.78, 5) is 30.2. The van der Waals surface area contributed by atoms with Gasteiger partial charge >= 0.3 is 0 Å². The van der Waals surface area contributed by atoms with Gasteiger partial charge in [-0.3, -0.25) is 14.5 Å². The molecule has 4 aromatic rings. The number of aryl methyl sites for hydroxylation is 1. The van der Waals surface area contributed by atoms with Crippen LogP contribution < -0.4 is 15.0 Å². The van der Waals surface area contributed by atoms with Gasteiger partial charge in [0.05, 0.1) is 13.5 Å². The number of nitrogens with one attached hydrogen (secondary N) is 1. The van der Waals surface area contributed by atoms with Crippen LogP contribution in [0.2, 0.25) is 0 Å². The predicted octanol–water partition coefficient (Wildman–Crippen LogP) is 5.70. The van der Waals surface area contributed by atoms with Crippen LogP contribution in [0.3, 0.4) is 0 Å². The number of carbonyl (C=O) groups excluding carboxylic acids is 2. The molecular formula is C29H28N2O3S. The molecule has 0 aliphatic carbocycles. The molecule has 0 aliphatic rings. The van der Waals surface area contributed by atoms with Crippen molar-refractivity contribution in [1.29, 1.82) is 0 Å². The molecule has 1 atom stereocenters. The van der Waals surface area contributed by atoms with Crippen LogP contribution in [0, 0.1) is 6.92 Å². The highest BCUT2D eigenvalue weighted by molar-refractivity contribution is 7.10. The number of benzene rings is 3. The second kappa shape index (κ2) is 11.5. The second-order valence-electron chi connectivity index (χ2n) is 8.18. The van der Waals surface area contributed by atoms with Crippen LogP contribution in [-0.4, -0.2) is 18.9 Å². The third-order valence-electron chi connectivity index (χ3n) is 5.80. The van der Waals surface area contributed by atoms with Crippen LogP contribution in [0.4, 0.5) is 5.69 Å². The van der Waals surface area contributed by atoms with Crippen LogP contribution in [0.5, 0.6) is 5.75 Å². The SMILES string of the molecule is COc1cccc(N(C(=O)Cc2cccs2)C(C(=O)NCc2ccccc2)c2ccccc2C)c1. The van der Waals surface area contributed by atoms with Gasteiger partial charge in [-0.25, -0.2) is 0 Å². The first-order valence-electron chi connectivity index (χ1n) is 11.4. The van der Waals surface area contributed by atoms with Crippen molar-refractivity contribution in [2.45, 2.75) is 25.9 Å². The molecule has 35 heavy (non-hydrogen) atoms. The van der Waals surface area contributed by atoms with Crippen LogP contribution >= 0.6 is 11.3 Å². The Hall–Kier alpha value is -3.90. The number of nitrogens with zero attached hydrogens (tertiary/aromatic N) is 1. The summed E-state index contributed by atoms with van der Waals surface area (Å²) in [5, 5.41) is 5.00. The summed E-state index contributed by atoms with van der Waals surface area (Å²) in [5.41, 5.74) is 3.31. The van der Waals surface area contributed by atoms with E-state index in [4.69, 9.17) is 4.74 Å². The highest BCUT2D eigenvalue weighted by atomic mass is 32.1. The van der Waals surface area contributed by atoms with E-state index >= 15 is 0 Å². The van der Waals surface area contributed by atoms with Crippen LogP contribution in [0.15, 0.2) is 96.4 Å². The second-order valence-corrected chi connectivity index (χ2v) is 9.22. The molecule has 178 valence electrons. The van der Waals surface area contributed by atoms with Gasteiger partial charge in [0.2, 0.25) is 11.8 Å². The summed E-state index contributed by atoms with van der Waals surface area (Å²) in [6, 6.07) is 27.7. The number of rotatable bonds is 9. The normalized spacial score (nSPS) is 11.5. The largest absolute Gasteiger partial charge is 0.497 e. The fourth-order valence-corrected chi connectivity index (χ4v) is 4.71. The summed E-state index contributed by atoms with van der Waals surface area (Å²) < 4.78 is 5.43. The van der Waals surface area contributed by atoms with Crippen molar-refractivity contribution in [3.05, 3.63) is 118 Å². The summed E-state index contributed by atoms with van der Waals surface area (Å²) in [6.45, 7) is 2.33. The average molecular weight is 485 g/mol. The van der Waals surface area contributed by atoms with Gasteiger partial charge in [-0.05, 0) is 47.2 Å². The summed E-state index contributed by atoms with van der Waals surface area (Å²) in [6.07, 6.45) is 0.198. The van der Waals surface area contributed by atoms with Gasteiger partial charge in [0, 0.05) is 23.2 Å². The lowest BCUT2D eigenvalue weighted by Crippen LogP contribution is -2.44. The van der Waals surface area contributed by atoms with Gasteiger partial charge in [0.25, 0.3) is 0 Å². The highest BCUT2D eigenvalue weighted by Gasteiger charge is 2.34. The smallest absolute Gasteiger partial charge is 0.248 e. The zero-order valence-corrected chi connectivity index (χ0v) is 20.6. The van der Waals surface area contributed by atoms with Gasteiger partial charge < -0.3 is 10.1 Å². The number of ether oxygens (including phenoxy) is 1. The Balaban J connectivity index is 1.77. The molecule has 0 saturated heterocycles. The predicted molar refractivity (Wildman–Crippen MR) is 141 cm³/mol. The first kappa shape index (κ1) is 24.2. The number of carbonyl (C=O) groups is 2. The Morgan fingerprint density at radius 2 is 1.71 bits per heavy atom. The van der Waals surface area contributed by atoms with Gasteiger partial charge in [0.1, 0.15) is 11.8 Å². The molecular weight excluding hydrogens is 456 g/mol. The van der Waals surface area contributed by atoms with E-state index in [0.717, 1.165) is 21.6 Å². The Labute approximate surface area is 210 Å². The van der Waals surface area contributed by atoms with Crippen molar-refractivity contribution < 1.29 is 14.3 Å². The minimum absolute atomic E-state index is 0.163. The molecule has 4 rings (SSSR count). The number of methoxy groups -OCH3 is 1. The summed E-state index contributed by atoms with van der Waals surface area (Å²) in [7, 11) is 1.59. The van der Waals surface area contributed by atoms with E-state index in [1.807, 2.05) is 97.2 Å². The fourth-order valence-electron chi connectivity index (χ4n) is 4.02. The van der Waals surface area contributed by atoms with E-state index in [2.05, 4.69) is 5.32 Å². The van der Waals surface area contributed by atoms with Gasteiger partial charge in [-0.15, -0.1) is 11.3 Å². The molecule has 6 heteroatoms. The van der Waals surface area contributed by atoms with Crippen LogP contribution in [0.25, 0.3) is 0 Å². The van der Waals surface area contributed by atoms with Crippen molar-refractivity contribution in [3.8, 4) is 5.75 Å². The standard InChI is InChI=1S/C29H28N2O3S/c1-21-10-6-7-16-26(21)28(29(33)30-20-22-11-4-3-5-12-22)31(23-13-8-14-24(18-23)34-2)27(32)19-25-15-9-17-35-25/h3-18,28H,19-20H2,1-2H3,(H,30,33). The van der Waals surface area contributed by atoms with E-state index in [9.17, 15) is 9.59 Å². The Bertz CT molecular complexity index is 1270. The molecule has 1 heterocycles. The van der Waals surface area contributed by atoms with Crippen LogP contribution in [-0.2, 0) is 22.6 Å². The lowest BCUT2D eigenvalue weighted by Gasteiger charge is -2.32. The lowest BCUT2D eigenvalue weighted by molar-refractivity contribution is -0.126. The number of anilines is 1. The highest BCUT2D eigenvalue weighted by Crippen LogP contribution is 2.33. The zero-order valence-electron chi connectivity index (χ0n) is 19.8. The zero-order chi connectivity index (χ0) is 24.6. The molecule has 1 unspecified atom stereocenters. The fraction of sp³-hybridized carbons (Fsp3) is 0.172. The first-order chi connectivity index (χ1) is 17.1. The third kappa shape index (κ3) is 5.97. The molecule has 0 spiro atoms. The van der Waals surface area contributed by atoms with Crippen molar-refractivity contribution in [2.24, 2.45) is 0 Å². The quantitative estimate of drug-likeness (QED) is 0.332. The minimum Gasteiger partial charge on any atom is -0.497 e. The minimum atomic E-state index is -0.848. The molecule has 0 fully saturated rings. The van der Waals surface area contributed by atoms with Crippen molar-refractivity contribution in [2.75, 3.05) is 12.0 Å². The molecule has 0 radical (unpaired) electrons. The number of thiophene rings is 1. The van der Waals surface area contributed by atoms with Crippen molar-refractivity contribution in [1.82, 2.24) is 5.32 Å². The average Bonchev–Trinajstić information content (AvgIpc) is 3.40. The Morgan fingerprint density at radius 1 is 0.943 bits per heavy atom. The van der Waals surface area contributed by atoms with Crippen LogP contribution in [0.1, 0.15) is 27.6 Å². The monoisotopic (exact) mass is 484 g/mol. The summed E-state index contributed by atoms with van der Waals surface area (Å²) >= 11 is 1.53.